The third kappa shape index (κ3) is 3.88. The van der Waals surface area contributed by atoms with E-state index in [-0.39, 0.29) is 25.1 Å². The fraction of sp³-hybridized carbons (Fsp3) is 0.765. The molecule has 26 heavy (non-hydrogen) atoms. The molecule has 2 saturated heterocycles. The van der Waals surface area contributed by atoms with E-state index in [1.807, 2.05) is 0 Å². The van der Waals surface area contributed by atoms with Gasteiger partial charge in [-0.25, -0.2) is 9.97 Å². The highest BCUT2D eigenvalue weighted by Crippen LogP contribution is 2.39. The highest BCUT2D eigenvalue weighted by atomic mass is 19.4. The molecule has 0 spiro atoms. The van der Waals surface area contributed by atoms with E-state index in [9.17, 15) is 18.3 Å². The van der Waals surface area contributed by atoms with Crippen LogP contribution in [0.25, 0.3) is 0 Å². The van der Waals surface area contributed by atoms with Crippen LogP contribution in [-0.2, 0) is 4.74 Å². The number of aromatic nitrogens is 2. The second-order valence-electron chi connectivity index (χ2n) is 7.43. The Morgan fingerprint density at radius 1 is 1.38 bits per heavy atom. The number of nitrogens with one attached hydrogen (secondary N) is 1. The van der Waals surface area contributed by atoms with Crippen LogP contribution in [-0.4, -0.2) is 58.7 Å². The van der Waals surface area contributed by atoms with E-state index in [1.54, 1.807) is 6.07 Å². The number of halogens is 3. The monoisotopic (exact) mass is 374 g/mol. The first-order valence-electron chi connectivity index (χ1n) is 8.94. The minimum Gasteiger partial charge on any atom is -0.379 e. The first-order chi connectivity index (χ1) is 12.2. The lowest BCUT2D eigenvalue weighted by Crippen LogP contribution is -2.47. The van der Waals surface area contributed by atoms with E-state index in [0.717, 1.165) is 19.4 Å². The van der Waals surface area contributed by atoms with Gasteiger partial charge in [-0.2, -0.15) is 13.2 Å². The van der Waals surface area contributed by atoms with Gasteiger partial charge in [0.25, 0.3) is 0 Å². The summed E-state index contributed by atoms with van der Waals surface area (Å²) < 4.78 is 44.9. The van der Waals surface area contributed by atoms with Crippen molar-refractivity contribution in [3.05, 3.63) is 12.4 Å². The molecule has 0 bridgehead atoms. The molecule has 0 amide bonds. The number of hydrogen-bond donors (Lipinski definition) is 2. The molecule has 0 radical (unpaired) electrons. The summed E-state index contributed by atoms with van der Waals surface area (Å²) in [5, 5.41) is 13.2. The summed E-state index contributed by atoms with van der Waals surface area (Å²) in [6.45, 7) is 4.50. The van der Waals surface area contributed by atoms with Crippen LogP contribution in [0.1, 0.15) is 33.1 Å². The van der Waals surface area contributed by atoms with Gasteiger partial charge in [0.15, 0.2) is 5.60 Å². The van der Waals surface area contributed by atoms with Gasteiger partial charge in [-0.3, -0.25) is 0 Å². The van der Waals surface area contributed by atoms with Crippen LogP contribution in [0.15, 0.2) is 12.4 Å². The smallest absolute Gasteiger partial charge is 0.379 e. The molecule has 2 aliphatic heterocycles. The number of alkyl halides is 3. The Morgan fingerprint density at radius 3 is 2.81 bits per heavy atom. The lowest BCUT2D eigenvalue weighted by molar-refractivity contribution is -0.250. The molecule has 6 nitrogen and oxygen atoms in total. The number of β-amino-alcohol motifs (C(OH)–C–C–N with tert-alkyl or cyclic N) is 1. The normalized spacial score (nSPS) is 30.0. The van der Waals surface area contributed by atoms with E-state index in [2.05, 4.69) is 29.1 Å². The summed E-state index contributed by atoms with van der Waals surface area (Å²) in [6, 6.07) is 1.73. The molecule has 1 aromatic rings. The van der Waals surface area contributed by atoms with E-state index in [0.29, 0.717) is 17.6 Å². The lowest BCUT2D eigenvalue weighted by Gasteiger charge is -2.35. The molecule has 9 heteroatoms. The Hall–Kier alpha value is -1.61. The summed E-state index contributed by atoms with van der Waals surface area (Å²) in [5.41, 5.74) is -2.69. The Kier molecular flexibility index (Phi) is 5.30. The topological polar surface area (TPSA) is 70.5 Å². The quantitative estimate of drug-likeness (QED) is 0.844. The van der Waals surface area contributed by atoms with Crippen molar-refractivity contribution in [2.75, 3.05) is 29.9 Å². The van der Waals surface area contributed by atoms with Crippen LogP contribution in [0, 0.1) is 5.92 Å². The fourth-order valence-corrected chi connectivity index (χ4v) is 3.62. The van der Waals surface area contributed by atoms with E-state index in [1.165, 1.54) is 11.2 Å². The molecular weight excluding hydrogens is 349 g/mol. The van der Waals surface area contributed by atoms with E-state index >= 15 is 0 Å². The predicted molar refractivity (Wildman–Crippen MR) is 91.1 cm³/mol. The van der Waals surface area contributed by atoms with Gasteiger partial charge in [0.2, 0.25) is 0 Å². The van der Waals surface area contributed by atoms with E-state index < -0.39 is 18.3 Å². The second-order valence-corrected chi connectivity index (χ2v) is 7.43. The molecule has 0 saturated carbocycles. The molecule has 3 atom stereocenters. The highest BCUT2D eigenvalue weighted by Gasteiger charge is 2.57. The van der Waals surface area contributed by atoms with E-state index in [4.69, 9.17) is 4.74 Å². The van der Waals surface area contributed by atoms with Crippen molar-refractivity contribution in [3.8, 4) is 0 Å². The molecule has 2 aliphatic rings. The van der Waals surface area contributed by atoms with Crippen molar-refractivity contribution >= 4 is 11.6 Å². The Bertz CT molecular complexity index is 628. The zero-order valence-electron chi connectivity index (χ0n) is 15.0. The van der Waals surface area contributed by atoms with Crippen LogP contribution >= 0.6 is 0 Å². The lowest BCUT2D eigenvalue weighted by atomic mass is 9.94. The van der Waals surface area contributed by atoms with Crippen molar-refractivity contribution in [1.82, 2.24) is 9.97 Å². The number of nitrogens with zero attached hydrogens (tertiary/aromatic N) is 3. The zero-order chi connectivity index (χ0) is 18.9. The van der Waals surface area contributed by atoms with Crippen molar-refractivity contribution < 1.29 is 23.0 Å². The van der Waals surface area contributed by atoms with Crippen LogP contribution in [0.4, 0.5) is 24.8 Å². The maximum Gasteiger partial charge on any atom is 0.418 e. The number of anilines is 2. The highest BCUT2D eigenvalue weighted by molar-refractivity contribution is 5.50. The molecule has 0 unspecified atom stereocenters. The minimum absolute atomic E-state index is 0.0595. The van der Waals surface area contributed by atoms with Crippen molar-refractivity contribution in [2.24, 2.45) is 5.92 Å². The van der Waals surface area contributed by atoms with Crippen molar-refractivity contribution in [2.45, 2.75) is 57.0 Å². The minimum atomic E-state index is -4.65. The van der Waals surface area contributed by atoms with Crippen LogP contribution in [0.3, 0.4) is 0 Å². The Morgan fingerprint density at radius 2 is 2.15 bits per heavy atom. The average molecular weight is 374 g/mol. The SMILES string of the molecule is CC(C)[C@@H]1OCCC[C@@H]1Nc1cc(N2CC[C@@](O)(C(F)(F)F)C2)ncn1. The van der Waals surface area contributed by atoms with Gasteiger partial charge in [0.1, 0.15) is 18.0 Å². The van der Waals surface area contributed by atoms with Gasteiger partial charge in [0, 0.05) is 25.6 Å². The second kappa shape index (κ2) is 7.19. The van der Waals surface area contributed by atoms with Crippen LogP contribution in [0.5, 0.6) is 0 Å². The standard InChI is InChI=1S/C17H25F3N4O2/c1-11(2)15-12(4-3-7-26-15)23-13-8-14(22-10-21-13)24-6-5-16(25,9-24)17(18,19)20/h8,10-12,15,25H,3-7,9H2,1-2H3,(H,21,22,23)/t12-,15-,16-/m0/s1. The third-order valence-corrected chi connectivity index (χ3v) is 5.11. The van der Waals surface area contributed by atoms with Crippen molar-refractivity contribution in [3.63, 3.8) is 0 Å². The molecule has 3 heterocycles. The average Bonchev–Trinajstić information content (AvgIpc) is 2.99. The predicted octanol–water partition coefficient (Wildman–Crippen LogP) is 2.60. The molecule has 1 aromatic heterocycles. The Labute approximate surface area is 150 Å². The summed E-state index contributed by atoms with van der Waals surface area (Å²) in [7, 11) is 0. The molecular formula is C17H25F3N4O2. The maximum absolute atomic E-state index is 13.0. The molecule has 2 fully saturated rings. The summed E-state index contributed by atoms with van der Waals surface area (Å²) >= 11 is 0. The summed E-state index contributed by atoms with van der Waals surface area (Å²) in [5.74, 6) is 1.27. The van der Waals surface area contributed by atoms with Gasteiger partial charge in [0.05, 0.1) is 18.7 Å². The molecule has 3 rings (SSSR count). The zero-order valence-corrected chi connectivity index (χ0v) is 15.0. The van der Waals surface area contributed by atoms with Gasteiger partial charge in [-0.1, -0.05) is 13.8 Å². The molecule has 2 N–H and O–H groups in total. The summed E-state index contributed by atoms with van der Waals surface area (Å²) in [4.78, 5) is 9.72. The molecule has 146 valence electrons. The fourth-order valence-electron chi connectivity index (χ4n) is 3.62. The number of ether oxygens (including phenoxy) is 1. The molecule has 0 aliphatic carbocycles. The van der Waals surface area contributed by atoms with Crippen LogP contribution < -0.4 is 10.2 Å². The maximum atomic E-state index is 13.0. The van der Waals surface area contributed by atoms with Gasteiger partial charge in [-0.05, 0) is 18.8 Å². The Balaban J connectivity index is 1.71. The van der Waals surface area contributed by atoms with Crippen molar-refractivity contribution in [1.29, 1.82) is 0 Å². The first kappa shape index (κ1) is 19.2. The van der Waals surface area contributed by atoms with Gasteiger partial charge >= 0.3 is 6.18 Å². The largest absolute Gasteiger partial charge is 0.418 e. The van der Waals surface area contributed by atoms with Gasteiger partial charge in [-0.15, -0.1) is 0 Å². The number of hydrogen-bond acceptors (Lipinski definition) is 6. The first-order valence-corrected chi connectivity index (χ1v) is 8.94. The number of rotatable bonds is 4. The van der Waals surface area contributed by atoms with Crippen LogP contribution in [0.2, 0.25) is 0 Å². The number of aliphatic hydroxyl groups is 1. The molecule has 0 aromatic carbocycles. The van der Waals surface area contributed by atoms with Gasteiger partial charge < -0.3 is 20.1 Å². The third-order valence-electron chi connectivity index (χ3n) is 5.11. The summed E-state index contributed by atoms with van der Waals surface area (Å²) in [6.07, 6.45) is -1.74.